The monoisotopic (exact) mass is 592 g/mol. The molecular formula is C30H52N6O6. The zero-order valence-electron chi connectivity index (χ0n) is 26.9. The standard InChI is InChI=1S/C30H52N6O6/c1-10-13-22-28(40)36-17-12-14-21(36)27(39)32-24(19(5)11-2)29(41)35(9)25(18(3)4)30(42)33(7)20(6)26(38)31-16-15-23(37)34(22)8/h18-22,24-25H,10-17H2,1-9H3,(H,31,38)(H,32,39)/t19-,20-,21-,22+,24-,25-/m0/s1. The van der Waals surface area contributed by atoms with E-state index in [4.69, 9.17) is 0 Å². The van der Waals surface area contributed by atoms with Crippen LogP contribution in [0, 0.1) is 11.8 Å². The molecule has 0 aromatic carbocycles. The molecule has 0 aromatic heterocycles. The highest BCUT2D eigenvalue weighted by atomic mass is 16.2. The molecule has 2 heterocycles. The van der Waals surface area contributed by atoms with Crippen molar-refractivity contribution in [2.24, 2.45) is 11.8 Å². The van der Waals surface area contributed by atoms with Crippen LogP contribution in [-0.2, 0) is 28.8 Å². The van der Waals surface area contributed by atoms with E-state index in [1.165, 1.54) is 26.6 Å². The van der Waals surface area contributed by atoms with Gasteiger partial charge in [-0.3, -0.25) is 28.8 Å². The molecule has 2 fully saturated rings. The van der Waals surface area contributed by atoms with Crippen molar-refractivity contribution < 1.29 is 28.8 Å². The van der Waals surface area contributed by atoms with Gasteiger partial charge in [0.05, 0.1) is 0 Å². The molecule has 0 bridgehead atoms. The van der Waals surface area contributed by atoms with Crippen LogP contribution in [0.2, 0.25) is 0 Å². The summed E-state index contributed by atoms with van der Waals surface area (Å²) in [7, 11) is 4.64. The zero-order chi connectivity index (χ0) is 31.9. The minimum atomic E-state index is -0.914. The van der Waals surface area contributed by atoms with Crippen LogP contribution in [0.25, 0.3) is 0 Å². The van der Waals surface area contributed by atoms with Crippen molar-refractivity contribution in [3.05, 3.63) is 0 Å². The molecule has 2 aliphatic heterocycles. The maximum atomic E-state index is 14.0. The van der Waals surface area contributed by atoms with Crippen molar-refractivity contribution in [2.45, 2.75) is 110 Å². The van der Waals surface area contributed by atoms with Gasteiger partial charge in [0.25, 0.3) is 0 Å². The number of amides is 6. The van der Waals surface area contributed by atoms with Crippen LogP contribution >= 0.6 is 0 Å². The van der Waals surface area contributed by atoms with Crippen molar-refractivity contribution in [2.75, 3.05) is 34.2 Å². The average Bonchev–Trinajstić information content (AvgIpc) is 3.45. The lowest BCUT2D eigenvalue weighted by molar-refractivity contribution is -0.151. The summed E-state index contributed by atoms with van der Waals surface area (Å²) in [5.74, 6) is -2.77. The second-order valence-corrected chi connectivity index (χ2v) is 12.2. The smallest absolute Gasteiger partial charge is 0.246 e. The van der Waals surface area contributed by atoms with Gasteiger partial charge in [0.2, 0.25) is 35.4 Å². The predicted molar refractivity (Wildman–Crippen MR) is 159 cm³/mol. The number of likely N-dealkylation sites (N-methyl/N-ethyl adjacent to an activating group) is 3. The van der Waals surface area contributed by atoms with Gasteiger partial charge in [0, 0.05) is 40.7 Å². The molecule has 2 saturated heterocycles. The van der Waals surface area contributed by atoms with E-state index >= 15 is 0 Å². The fourth-order valence-electron chi connectivity index (χ4n) is 5.80. The third-order valence-electron chi connectivity index (χ3n) is 8.92. The summed E-state index contributed by atoms with van der Waals surface area (Å²) in [6.07, 6.45) is 2.74. The zero-order valence-corrected chi connectivity index (χ0v) is 26.9. The van der Waals surface area contributed by atoms with E-state index < -0.39 is 53.8 Å². The lowest BCUT2D eigenvalue weighted by atomic mass is 9.94. The van der Waals surface area contributed by atoms with E-state index in [0.29, 0.717) is 38.6 Å². The van der Waals surface area contributed by atoms with E-state index in [9.17, 15) is 28.8 Å². The summed E-state index contributed by atoms with van der Waals surface area (Å²) in [5.41, 5.74) is 0. The Morgan fingerprint density at radius 3 is 2.07 bits per heavy atom. The summed E-state index contributed by atoms with van der Waals surface area (Å²) in [5, 5.41) is 5.66. The van der Waals surface area contributed by atoms with Gasteiger partial charge in [-0.1, -0.05) is 47.5 Å². The molecule has 238 valence electrons. The molecule has 0 saturated carbocycles. The maximum Gasteiger partial charge on any atom is 0.246 e. The van der Waals surface area contributed by atoms with Gasteiger partial charge in [-0.25, -0.2) is 0 Å². The highest BCUT2D eigenvalue weighted by molar-refractivity contribution is 5.97. The van der Waals surface area contributed by atoms with Crippen molar-refractivity contribution in [3.8, 4) is 0 Å². The Bertz CT molecular complexity index is 1020. The number of nitrogens with one attached hydrogen (secondary N) is 2. The Morgan fingerprint density at radius 2 is 1.50 bits per heavy atom. The van der Waals surface area contributed by atoms with E-state index in [2.05, 4.69) is 10.6 Å². The van der Waals surface area contributed by atoms with Gasteiger partial charge in [0.1, 0.15) is 30.2 Å². The molecule has 6 atom stereocenters. The first-order valence-corrected chi connectivity index (χ1v) is 15.4. The molecule has 12 nitrogen and oxygen atoms in total. The molecular weight excluding hydrogens is 540 g/mol. The van der Waals surface area contributed by atoms with Crippen LogP contribution in [0.5, 0.6) is 0 Å². The van der Waals surface area contributed by atoms with Crippen LogP contribution in [-0.4, -0.2) is 119 Å². The van der Waals surface area contributed by atoms with E-state index in [-0.39, 0.29) is 36.6 Å². The molecule has 6 amide bonds. The number of nitrogens with zero attached hydrogens (tertiary/aromatic N) is 4. The van der Waals surface area contributed by atoms with Gasteiger partial charge in [0.15, 0.2) is 0 Å². The molecule has 12 heteroatoms. The van der Waals surface area contributed by atoms with E-state index in [1.54, 1.807) is 21.0 Å². The van der Waals surface area contributed by atoms with Gasteiger partial charge < -0.3 is 30.2 Å². The second-order valence-electron chi connectivity index (χ2n) is 12.2. The molecule has 0 radical (unpaired) electrons. The lowest BCUT2D eigenvalue weighted by Gasteiger charge is -2.38. The topological polar surface area (TPSA) is 139 Å². The molecule has 0 aromatic rings. The summed E-state index contributed by atoms with van der Waals surface area (Å²) >= 11 is 0. The normalized spacial score (nSPS) is 28.8. The Hall–Kier alpha value is -3.18. The van der Waals surface area contributed by atoms with Crippen LogP contribution in [0.15, 0.2) is 0 Å². The second kappa shape index (κ2) is 15.3. The molecule has 2 rings (SSSR count). The van der Waals surface area contributed by atoms with Crippen molar-refractivity contribution in [1.82, 2.24) is 30.2 Å². The number of carbonyl (C=O) groups excluding carboxylic acids is 6. The van der Waals surface area contributed by atoms with Crippen molar-refractivity contribution >= 4 is 35.4 Å². The number of fused-ring (bicyclic) bond motifs is 1. The number of rotatable bonds is 5. The molecule has 0 unspecified atom stereocenters. The molecule has 42 heavy (non-hydrogen) atoms. The van der Waals surface area contributed by atoms with Crippen LogP contribution in [0.4, 0.5) is 0 Å². The fraction of sp³-hybridized carbons (Fsp3) is 0.800. The average molecular weight is 593 g/mol. The van der Waals surface area contributed by atoms with Gasteiger partial charge >= 0.3 is 0 Å². The molecule has 2 aliphatic rings. The number of hydrogen-bond acceptors (Lipinski definition) is 6. The Kier molecular flexibility index (Phi) is 12.8. The number of carbonyl (C=O) groups is 6. The largest absolute Gasteiger partial charge is 0.354 e. The third-order valence-corrected chi connectivity index (χ3v) is 8.92. The van der Waals surface area contributed by atoms with Crippen LogP contribution in [0.3, 0.4) is 0 Å². The van der Waals surface area contributed by atoms with Crippen molar-refractivity contribution in [3.63, 3.8) is 0 Å². The van der Waals surface area contributed by atoms with Crippen LogP contribution < -0.4 is 10.6 Å². The summed E-state index contributed by atoms with van der Waals surface area (Å²) in [4.78, 5) is 86.8. The predicted octanol–water partition coefficient (Wildman–Crippen LogP) is 0.985. The fourth-order valence-corrected chi connectivity index (χ4v) is 5.80. The van der Waals surface area contributed by atoms with Crippen LogP contribution in [0.1, 0.15) is 80.1 Å². The third kappa shape index (κ3) is 7.80. The van der Waals surface area contributed by atoms with Gasteiger partial charge in [-0.2, -0.15) is 0 Å². The molecule has 2 N–H and O–H groups in total. The van der Waals surface area contributed by atoms with Gasteiger partial charge in [-0.05, 0) is 38.0 Å². The van der Waals surface area contributed by atoms with E-state index in [1.807, 2.05) is 34.6 Å². The first kappa shape index (κ1) is 35.0. The Morgan fingerprint density at radius 1 is 0.857 bits per heavy atom. The van der Waals surface area contributed by atoms with Gasteiger partial charge in [-0.15, -0.1) is 0 Å². The highest BCUT2D eigenvalue weighted by Crippen LogP contribution is 2.24. The molecule has 0 aliphatic carbocycles. The lowest BCUT2D eigenvalue weighted by Crippen LogP contribution is -2.61. The number of hydrogen-bond donors (Lipinski definition) is 2. The first-order valence-electron chi connectivity index (χ1n) is 15.4. The summed E-state index contributed by atoms with van der Waals surface area (Å²) in [6.45, 7) is 11.4. The quantitative estimate of drug-likeness (QED) is 0.488. The SMILES string of the molecule is CCC[C@@H]1C(=O)N2CCC[C@H]2C(=O)N[C@@H]([C@@H](C)CC)C(=O)N(C)[C@@H](C(C)C)C(=O)N(C)[C@@H](C)C(=O)NCCC(=O)N1C. The minimum Gasteiger partial charge on any atom is -0.354 e. The first-order chi connectivity index (χ1) is 19.7. The Labute approximate surface area is 250 Å². The molecule has 0 spiro atoms. The maximum absolute atomic E-state index is 14.0. The Balaban J connectivity index is 2.56. The summed E-state index contributed by atoms with van der Waals surface area (Å²) in [6, 6.07) is -4.16. The summed E-state index contributed by atoms with van der Waals surface area (Å²) < 4.78 is 0. The van der Waals surface area contributed by atoms with E-state index in [0.717, 1.165) is 0 Å². The minimum absolute atomic E-state index is 0.0214. The van der Waals surface area contributed by atoms with Crippen molar-refractivity contribution in [1.29, 1.82) is 0 Å². The highest BCUT2D eigenvalue weighted by Gasteiger charge is 2.43.